The smallest absolute Gasteiger partial charge is 0.211 e. The van der Waals surface area contributed by atoms with E-state index in [-0.39, 0.29) is 0 Å². The molecule has 0 saturated carbocycles. The van der Waals surface area contributed by atoms with E-state index in [1.807, 2.05) is 53.5 Å². The molecule has 3 aromatic heterocycles. The lowest BCUT2D eigenvalue weighted by molar-refractivity contribution is 0.854. The third-order valence-corrected chi connectivity index (χ3v) is 6.52. The van der Waals surface area contributed by atoms with Crippen molar-refractivity contribution in [2.24, 2.45) is 10.1 Å². The highest BCUT2D eigenvalue weighted by atomic mass is 79.9. The van der Waals surface area contributed by atoms with Crippen LogP contribution >= 0.6 is 43.2 Å². The zero-order chi connectivity index (χ0) is 21.2. The Labute approximate surface area is 199 Å². The molecule has 5 aromatic rings. The number of nitrogens with one attached hydrogen (secondary N) is 1. The number of benzene rings is 2. The third kappa shape index (κ3) is 4.32. The Morgan fingerprint density at radius 1 is 1.03 bits per heavy atom. The molecule has 5 nitrogen and oxygen atoms in total. The summed E-state index contributed by atoms with van der Waals surface area (Å²) in [6, 6.07) is 18.1. The number of fused-ring (bicyclic) bond motifs is 1. The van der Waals surface area contributed by atoms with Gasteiger partial charge in [0.25, 0.3) is 0 Å². The average Bonchev–Trinajstić information content (AvgIpc) is 3.37. The van der Waals surface area contributed by atoms with Crippen molar-refractivity contribution in [1.29, 1.82) is 0 Å². The van der Waals surface area contributed by atoms with Gasteiger partial charge >= 0.3 is 0 Å². The fraction of sp³-hybridized carbons (Fsp3) is 0. The molecule has 0 spiro atoms. The van der Waals surface area contributed by atoms with E-state index in [2.05, 4.69) is 65.4 Å². The van der Waals surface area contributed by atoms with E-state index in [9.17, 15) is 0 Å². The maximum Gasteiger partial charge on any atom is 0.211 e. The van der Waals surface area contributed by atoms with E-state index >= 15 is 0 Å². The van der Waals surface area contributed by atoms with E-state index in [1.54, 1.807) is 23.7 Å². The fourth-order valence-electron chi connectivity index (χ4n) is 3.18. The number of aromatic nitrogens is 3. The molecule has 0 fully saturated rings. The molecule has 3 heterocycles. The minimum absolute atomic E-state index is 0.767. The molecule has 152 valence electrons. The lowest BCUT2D eigenvalue weighted by atomic mass is 10.2. The quantitative estimate of drug-likeness (QED) is 0.247. The number of rotatable bonds is 4. The summed E-state index contributed by atoms with van der Waals surface area (Å²) in [6.45, 7) is 0. The molecule has 31 heavy (non-hydrogen) atoms. The first-order valence-corrected chi connectivity index (χ1v) is 11.9. The van der Waals surface area contributed by atoms with Gasteiger partial charge in [-0.15, -0.1) is 11.3 Å². The van der Waals surface area contributed by atoms with Gasteiger partial charge in [0.15, 0.2) is 0 Å². The molecule has 5 rings (SSSR count). The van der Waals surface area contributed by atoms with Crippen molar-refractivity contribution in [3.05, 3.63) is 97.9 Å². The Hall–Kier alpha value is -2.81. The summed E-state index contributed by atoms with van der Waals surface area (Å²) >= 11 is 8.60. The second-order valence-corrected chi connectivity index (χ2v) is 9.39. The van der Waals surface area contributed by atoms with Crippen molar-refractivity contribution in [3.63, 3.8) is 0 Å². The Balaban J connectivity index is 1.65. The number of hydrogen-bond acceptors (Lipinski definition) is 4. The van der Waals surface area contributed by atoms with Crippen LogP contribution in [0, 0.1) is 0 Å². The van der Waals surface area contributed by atoms with E-state index < -0.39 is 0 Å². The number of halogens is 2. The Morgan fingerprint density at radius 2 is 1.87 bits per heavy atom. The molecule has 8 heteroatoms. The van der Waals surface area contributed by atoms with Gasteiger partial charge in [0, 0.05) is 48.7 Å². The van der Waals surface area contributed by atoms with Crippen molar-refractivity contribution in [2.75, 3.05) is 0 Å². The number of aromatic amines is 1. The number of H-pyrrole nitrogens is 1. The molecule has 0 aliphatic heterocycles. The summed E-state index contributed by atoms with van der Waals surface area (Å²) < 4.78 is 3.93. The van der Waals surface area contributed by atoms with Crippen LogP contribution < -0.4 is 4.80 Å². The van der Waals surface area contributed by atoms with Crippen LogP contribution in [0.5, 0.6) is 0 Å². The highest BCUT2D eigenvalue weighted by Gasteiger charge is 2.09. The predicted molar refractivity (Wildman–Crippen MR) is 134 cm³/mol. The number of pyridine rings is 1. The molecule has 0 radical (unpaired) electrons. The second kappa shape index (κ2) is 8.74. The maximum absolute atomic E-state index is 4.82. The van der Waals surface area contributed by atoms with Gasteiger partial charge in [-0.05, 0) is 42.5 Å². The molecular weight excluding hydrogens is 538 g/mol. The molecule has 0 aliphatic rings. The molecule has 0 amide bonds. The van der Waals surface area contributed by atoms with Crippen molar-refractivity contribution in [2.45, 2.75) is 0 Å². The first kappa shape index (κ1) is 20.1. The van der Waals surface area contributed by atoms with Gasteiger partial charge < -0.3 is 4.98 Å². The lowest BCUT2D eigenvalue weighted by Crippen LogP contribution is -2.11. The topological polar surface area (TPSA) is 58.3 Å². The van der Waals surface area contributed by atoms with Crippen LogP contribution in [-0.2, 0) is 0 Å². The number of thiazole rings is 1. The van der Waals surface area contributed by atoms with Gasteiger partial charge in [0.1, 0.15) is 0 Å². The van der Waals surface area contributed by atoms with E-state index in [1.165, 1.54) is 0 Å². The zero-order valence-corrected chi connectivity index (χ0v) is 20.0. The Bertz CT molecular complexity index is 1450. The minimum atomic E-state index is 0.767. The van der Waals surface area contributed by atoms with Crippen molar-refractivity contribution in [3.8, 4) is 11.3 Å². The second-order valence-electron chi connectivity index (χ2n) is 6.72. The number of nitrogens with zero attached hydrogens (tertiary/aromatic N) is 4. The van der Waals surface area contributed by atoms with Gasteiger partial charge in [-0.2, -0.15) is 5.10 Å². The standard InChI is InChI=1S/C23H15Br2N5S/c24-17-5-3-15(4-6-17)22-14-31-23(29-19-2-1-9-26-13-19)30(22)28-12-16-11-27-21-8-7-18(25)10-20(16)21/h1-14,27H. The van der Waals surface area contributed by atoms with Crippen LogP contribution in [0.4, 0.5) is 5.69 Å². The van der Waals surface area contributed by atoms with Crippen LogP contribution in [0.2, 0.25) is 0 Å². The molecule has 0 bridgehead atoms. The van der Waals surface area contributed by atoms with Crippen LogP contribution in [0.25, 0.3) is 22.2 Å². The SMILES string of the molecule is Brc1ccc(-c2csc(=Nc3cccnc3)n2N=Cc2c[nH]c3ccc(Br)cc23)cc1. The maximum atomic E-state index is 4.82. The van der Waals surface area contributed by atoms with Crippen LogP contribution in [-0.4, -0.2) is 20.9 Å². The Morgan fingerprint density at radius 3 is 2.68 bits per heavy atom. The summed E-state index contributed by atoms with van der Waals surface area (Å²) in [7, 11) is 0. The number of hydrogen-bond donors (Lipinski definition) is 1. The first-order valence-electron chi connectivity index (χ1n) is 9.39. The minimum Gasteiger partial charge on any atom is -0.361 e. The molecule has 1 N–H and O–H groups in total. The highest BCUT2D eigenvalue weighted by molar-refractivity contribution is 9.10. The lowest BCUT2D eigenvalue weighted by Gasteiger charge is -2.04. The summed E-state index contributed by atoms with van der Waals surface area (Å²) in [5.74, 6) is 0. The molecule has 0 unspecified atom stereocenters. The molecule has 0 atom stereocenters. The normalized spacial score (nSPS) is 12.3. The highest BCUT2D eigenvalue weighted by Crippen LogP contribution is 2.24. The van der Waals surface area contributed by atoms with Crippen LogP contribution in [0.3, 0.4) is 0 Å². The third-order valence-electron chi connectivity index (χ3n) is 4.68. The van der Waals surface area contributed by atoms with E-state index in [0.717, 1.165) is 47.2 Å². The fourth-order valence-corrected chi connectivity index (χ4v) is 4.66. The Kier molecular flexibility index (Phi) is 5.67. The van der Waals surface area contributed by atoms with Crippen molar-refractivity contribution in [1.82, 2.24) is 14.6 Å². The van der Waals surface area contributed by atoms with E-state index in [0.29, 0.717) is 0 Å². The first-order chi connectivity index (χ1) is 15.2. The van der Waals surface area contributed by atoms with Crippen LogP contribution in [0.15, 0.2) is 97.6 Å². The van der Waals surface area contributed by atoms with Crippen LogP contribution in [0.1, 0.15) is 5.56 Å². The van der Waals surface area contributed by atoms with Crippen molar-refractivity contribution >= 4 is 66.0 Å². The van der Waals surface area contributed by atoms with Gasteiger partial charge in [-0.25, -0.2) is 9.67 Å². The zero-order valence-electron chi connectivity index (χ0n) is 16.0. The molecular formula is C23H15Br2N5S. The monoisotopic (exact) mass is 551 g/mol. The molecule has 0 saturated heterocycles. The van der Waals surface area contributed by atoms with Crippen molar-refractivity contribution < 1.29 is 0 Å². The molecule has 2 aromatic carbocycles. The molecule has 0 aliphatic carbocycles. The summed E-state index contributed by atoms with van der Waals surface area (Å²) in [5, 5.41) is 8.00. The summed E-state index contributed by atoms with van der Waals surface area (Å²) in [4.78, 5) is 13.0. The summed E-state index contributed by atoms with van der Waals surface area (Å²) in [6.07, 6.45) is 7.31. The van der Waals surface area contributed by atoms with Gasteiger partial charge in [0.2, 0.25) is 4.80 Å². The van der Waals surface area contributed by atoms with Gasteiger partial charge in [0.05, 0.1) is 23.8 Å². The van der Waals surface area contributed by atoms with Gasteiger partial charge in [-0.1, -0.05) is 44.0 Å². The predicted octanol–water partition coefficient (Wildman–Crippen LogP) is 6.73. The van der Waals surface area contributed by atoms with Gasteiger partial charge in [-0.3, -0.25) is 4.98 Å². The van der Waals surface area contributed by atoms with E-state index in [4.69, 9.17) is 10.1 Å². The average molecular weight is 553 g/mol. The summed E-state index contributed by atoms with van der Waals surface area (Å²) in [5.41, 5.74) is 4.88. The largest absolute Gasteiger partial charge is 0.361 e.